The SMILES string of the molecule is CCN(c1cc(-c2nccn2C)cc(C(=O)NCc2c(C)cc(C)[nH]c2=O)c1C)[C@H]1CC[C@H](N(C(=O)O)C(C)(C)C)CC1. The molecule has 0 aliphatic heterocycles. The van der Waals surface area contributed by atoms with Crippen LogP contribution in [0.4, 0.5) is 10.5 Å². The number of nitrogens with one attached hydrogen (secondary N) is 2. The number of benzene rings is 1. The van der Waals surface area contributed by atoms with Gasteiger partial charge in [0.15, 0.2) is 0 Å². The average Bonchev–Trinajstić information content (AvgIpc) is 3.35. The third-order valence-electron chi connectivity index (χ3n) is 8.67. The zero-order valence-electron chi connectivity index (χ0n) is 26.7. The van der Waals surface area contributed by atoms with E-state index in [4.69, 9.17) is 0 Å². The smallest absolute Gasteiger partial charge is 0.407 e. The predicted molar refractivity (Wildman–Crippen MR) is 170 cm³/mol. The Bertz CT molecular complexity index is 1540. The van der Waals surface area contributed by atoms with Gasteiger partial charge in [0.25, 0.3) is 11.5 Å². The van der Waals surface area contributed by atoms with Gasteiger partial charge in [-0.25, -0.2) is 9.78 Å². The topological polar surface area (TPSA) is 124 Å². The molecule has 232 valence electrons. The lowest BCUT2D eigenvalue weighted by Gasteiger charge is -2.45. The van der Waals surface area contributed by atoms with Gasteiger partial charge in [-0.2, -0.15) is 0 Å². The fourth-order valence-corrected chi connectivity index (χ4v) is 6.62. The molecule has 3 N–H and O–H groups in total. The van der Waals surface area contributed by atoms with Gasteiger partial charge in [-0.15, -0.1) is 0 Å². The van der Waals surface area contributed by atoms with Crippen molar-refractivity contribution >= 4 is 17.7 Å². The third kappa shape index (κ3) is 6.78. The van der Waals surface area contributed by atoms with Crippen molar-refractivity contribution in [2.24, 2.45) is 7.05 Å². The lowest BCUT2D eigenvalue weighted by molar-refractivity contribution is 0.0545. The molecule has 0 spiro atoms. The highest BCUT2D eigenvalue weighted by Gasteiger charge is 2.37. The Morgan fingerprint density at radius 2 is 1.74 bits per heavy atom. The molecule has 1 aliphatic carbocycles. The van der Waals surface area contributed by atoms with Gasteiger partial charge in [0.1, 0.15) is 5.82 Å². The number of pyridine rings is 1. The minimum atomic E-state index is -0.875. The van der Waals surface area contributed by atoms with E-state index in [0.29, 0.717) is 11.1 Å². The molecule has 0 saturated heterocycles. The third-order valence-corrected chi connectivity index (χ3v) is 8.67. The Morgan fingerprint density at radius 1 is 1.09 bits per heavy atom. The second-order valence-electron chi connectivity index (χ2n) is 12.7. The number of carboxylic acid groups (broad SMARTS) is 1. The molecule has 1 aliphatic rings. The summed E-state index contributed by atoms with van der Waals surface area (Å²) in [5.74, 6) is 0.499. The molecule has 1 fully saturated rings. The Balaban J connectivity index is 1.66. The summed E-state index contributed by atoms with van der Waals surface area (Å²) in [6.07, 6.45) is 6.00. The first-order chi connectivity index (χ1) is 20.2. The van der Waals surface area contributed by atoms with Crippen LogP contribution in [0.25, 0.3) is 11.4 Å². The van der Waals surface area contributed by atoms with Crippen LogP contribution in [0, 0.1) is 20.8 Å². The normalized spacial score (nSPS) is 17.0. The molecule has 0 unspecified atom stereocenters. The number of imidazole rings is 1. The number of H-pyrrole nitrogens is 1. The van der Waals surface area contributed by atoms with Crippen molar-refractivity contribution < 1.29 is 14.7 Å². The lowest BCUT2D eigenvalue weighted by Crippen LogP contribution is -2.53. The molecule has 1 aromatic carbocycles. The van der Waals surface area contributed by atoms with Gasteiger partial charge in [-0.1, -0.05) is 0 Å². The molecule has 1 saturated carbocycles. The number of carbonyl (C=O) groups is 2. The molecule has 10 nitrogen and oxygen atoms in total. The monoisotopic (exact) mass is 590 g/mol. The summed E-state index contributed by atoms with van der Waals surface area (Å²) in [5.41, 5.74) is 4.68. The number of aromatic nitrogens is 3. The number of aromatic amines is 1. The second kappa shape index (κ2) is 12.7. The van der Waals surface area contributed by atoms with Gasteiger partial charge in [0.05, 0.1) is 0 Å². The molecule has 0 bridgehead atoms. The lowest BCUT2D eigenvalue weighted by atomic mass is 9.86. The second-order valence-corrected chi connectivity index (χ2v) is 12.7. The maximum absolute atomic E-state index is 13.7. The van der Waals surface area contributed by atoms with Crippen molar-refractivity contribution in [3.8, 4) is 11.4 Å². The number of nitrogens with zero attached hydrogens (tertiary/aromatic N) is 4. The van der Waals surface area contributed by atoms with Crippen molar-refractivity contribution in [1.29, 1.82) is 0 Å². The van der Waals surface area contributed by atoms with Crippen molar-refractivity contribution in [3.05, 3.63) is 68.9 Å². The predicted octanol–water partition coefficient (Wildman–Crippen LogP) is 5.55. The molecule has 0 radical (unpaired) electrons. The van der Waals surface area contributed by atoms with E-state index in [0.717, 1.165) is 66.1 Å². The number of aryl methyl sites for hydroxylation is 3. The Hall–Kier alpha value is -4.08. The van der Waals surface area contributed by atoms with Crippen LogP contribution in [0.15, 0.2) is 35.4 Å². The summed E-state index contributed by atoms with van der Waals surface area (Å²) < 4.78 is 1.93. The van der Waals surface area contributed by atoms with Crippen LogP contribution in [-0.2, 0) is 13.6 Å². The highest BCUT2D eigenvalue weighted by Crippen LogP contribution is 2.36. The summed E-state index contributed by atoms with van der Waals surface area (Å²) in [4.78, 5) is 49.7. The molecule has 3 aromatic rings. The maximum Gasteiger partial charge on any atom is 0.407 e. The van der Waals surface area contributed by atoms with E-state index >= 15 is 0 Å². The van der Waals surface area contributed by atoms with Crippen LogP contribution in [0.1, 0.15) is 86.1 Å². The van der Waals surface area contributed by atoms with Crippen molar-refractivity contribution in [2.45, 2.75) is 98.3 Å². The zero-order valence-corrected chi connectivity index (χ0v) is 26.7. The van der Waals surface area contributed by atoms with Gasteiger partial charge in [0, 0.05) is 78.2 Å². The van der Waals surface area contributed by atoms with E-state index in [9.17, 15) is 19.5 Å². The fourth-order valence-electron chi connectivity index (χ4n) is 6.62. The standard InChI is InChI=1S/C33H46N6O4/c1-9-38(24-10-12-25(13-11-24)39(32(42)43)33(5,6)7)28-18-23(29-34-14-15-37(29)8)17-26(22(28)4)30(40)35-19-27-20(2)16-21(3)36-31(27)41/h14-18,24-25H,9-13,19H2,1-8H3,(H,35,40)(H,36,41)(H,42,43)/t24-,25-. The summed E-state index contributed by atoms with van der Waals surface area (Å²) in [6, 6.07) is 6.07. The average molecular weight is 591 g/mol. The molecular formula is C33H46N6O4. The van der Waals surface area contributed by atoms with Crippen LogP contribution in [0.2, 0.25) is 0 Å². The molecular weight excluding hydrogens is 544 g/mol. The van der Waals surface area contributed by atoms with E-state index in [1.54, 1.807) is 11.1 Å². The first-order valence-corrected chi connectivity index (χ1v) is 15.1. The summed E-state index contributed by atoms with van der Waals surface area (Å²) in [6.45, 7) is 14.5. The molecule has 2 aromatic heterocycles. The van der Waals surface area contributed by atoms with E-state index in [-0.39, 0.29) is 30.1 Å². The largest absolute Gasteiger partial charge is 0.465 e. The fraction of sp³-hybridized carbons (Fsp3) is 0.515. The Labute approximate surface area is 254 Å². The van der Waals surface area contributed by atoms with Crippen LogP contribution in [-0.4, -0.2) is 60.7 Å². The van der Waals surface area contributed by atoms with E-state index in [2.05, 4.69) is 33.2 Å². The van der Waals surface area contributed by atoms with Crippen LogP contribution < -0.4 is 15.8 Å². The molecule has 43 heavy (non-hydrogen) atoms. The van der Waals surface area contributed by atoms with Gasteiger partial charge in [-0.3, -0.25) is 9.59 Å². The summed E-state index contributed by atoms with van der Waals surface area (Å²) in [5, 5.41) is 12.9. The van der Waals surface area contributed by atoms with Crippen LogP contribution in [0.3, 0.4) is 0 Å². The number of hydrogen-bond acceptors (Lipinski definition) is 5. The number of rotatable bonds is 8. The van der Waals surface area contributed by atoms with Crippen LogP contribution in [0.5, 0.6) is 0 Å². The minimum absolute atomic E-state index is 0.0258. The molecule has 2 heterocycles. The van der Waals surface area contributed by atoms with Crippen LogP contribution >= 0.6 is 0 Å². The van der Waals surface area contributed by atoms with E-state index < -0.39 is 11.6 Å². The highest BCUT2D eigenvalue weighted by molar-refractivity contribution is 5.98. The number of anilines is 1. The Morgan fingerprint density at radius 3 is 2.28 bits per heavy atom. The van der Waals surface area contributed by atoms with Gasteiger partial charge in [-0.05, 0) is 103 Å². The number of hydrogen-bond donors (Lipinski definition) is 3. The summed E-state index contributed by atoms with van der Waals surface area (Å²) >= 11 is 0. The van der Waals surface area contributed by atoms with Crippen molar-refractivity contribution in [3.63, 3.8) is 0 Å². The van der Waals surface area contributed by atoms with Crippen molar-refractivity contribution in [1.82, 2.24) is 24.8 Å². The minimum Gasteiger partial charge on any atom is -0.465 e. The molecule has 0 atom stereocenters. The zero-order chi connectivity index (χ0) is 31.6. The molecule has 2 amide bonds. The molecule has 4 rings (SSSR count). The first-order valence-electron chi connectivity index (χ1n) is 15.1. The highest BCUT2D eigenvalue weighted by atomic mass is 16.4. The number of amides is 2. The summed E-state index contributed by atoms with van der Waals surface area (Å²) in [7, 11) is 1.93. The van der Waals surface area contributed by atoms with Gasteiger partial charge in [0.2, 0.25) is 0 Å². The van der Waals surface area contributed by atoms with Gasteiger partial charge < -0.3 is 29.8 Å². The Kier molecular flexibility index (Phi) is 9.37. The van der Waals surface area contributed by atoms with Gasteiger partial charge >= 0.3 is 6.09 Å². The van der Waals surface area contributed by atoms with Crippen molar-refractivity contribution in [2.75, 3.05) is 11.4 Å². The van der Waals surface area contributed by atoms with E-state index in [1.165, 1.54) is 0 Å². The number of carbonyl (C=O) groups excluding carboxylic acids is 1. The maximum atomic E-state index is 13.7. The quantitative estimate of drug-likeness (QED) is 0.316. The van der Waals surface area contributed by atoms with E-state index in [1.807, 2.05) is 71.5 Å². The first kappa shape index (κ1) is 31.8. The molecule has 10 heteroatoms.